The van der Waals surface area contributed by atoms with Gasteiger partial charge >= 0.3 is 5.97 Å². The highest BCUT2D eigenvalue weighted by Gasteiger charge is 2.24. The molecular weight excluding hydrogens is 335 g/mol. The number of nitriles is 1. The van der Waals surface area contributed by atoms with Crippen LogP contribution in [0.3, 0.4) is 0 Å². The maximum atomic E-state index is 11.9. The third-order valence-electron chi connectivity index (χ3n) is 3.13. The van der Waals surface area contributed by atoms with E-state index in [0.29, 0.717) is 21.2 Å². The molecule has 1 aliphatic rings. The van der Waals surface area contributed by atoms with E-state index in [9.17, 15) is 4.79 Å². The molecule has 4 nitrogen and oxygen atoms in total. The molecule has 23 heavy (non-hydrogen) atoms. The van der Waals surface area contributed by atoms with Gasteiger partial charge in [0.1, 0.15) is 0 Å². The zero-order chi connectivity index (χ0) is 16.4. The quantitative estimate of drug-likeness (QED) is 0.606. The fraction of sp³-hybridized carbons (Fsp3) is 0. The smallest absolute Gasteiger partial charge is 0.363 e. The van der Waals surface area contributed by atoms with E-state index in [-0.39, 0.29) is 11.6 Å². The highest BCUT2D eigenvalue weighted by Crippen LogP contribution is 2.25. The Morgan fingerprint density at radius 1 is 1.09 bits per heavy atom. The van der Waals surface area contributed by atoms with E-state index in [0.717, 1.165) is 5.56 Å². The molecule has 0 bridgehead atoms. The van der Waals surface area contributed by atoms with Crippen molar-refractivity contribution in [3.8, 4) is 6.07 Å². The van der Waals surface area contributed by atoms with E-state index >= 15 is 0 Å². The average Bonchev–Trinajstić information content (AvgIpc) is 2.92. The summed E-state index contributed by atoms with van der Waals surface area (Å²) in [5.74, 6) is -0.371. The first-order valence-electron chi connectivity index (χ1n) is 6.55. The van der Waals surface area contributed by atoms with Crippen molar-refractivity contribution in [3.63, 3.8) is 0 Å². The third-order valence-corrected chi connectivity index (χ3v) is 3.87. The summed E-state index contributed by atoms with van der Waals surface area (Å²) in [5, 5.41) is 9.54. The number of rotatable bonds is 2. The number of cyclic esters (lactones) is 1. The van der Waals surface area contributed by atoms with Gasteiger partial charge < -0.3 is 4.74 Å². The molecule has 2 aromatic carbocycles. The Kier molecular flexibility index (Phi) is 4.16. The monoisotopic (exact) mass is 342 g/mol. The number of hydrogen-bond acceptors (Lipinski definition) is 4. The first-order valence-corrected chi connectivity index (χ1v) is 7.30. The Labute approximate surface area is 142 Å². The number of halogens is 2. The number of benzene rings is 2. The summed E-state index contributed by atoms with van der Waals surface area (Å²) < 4.78 is 5.16. The average molecular weight is 343 g/mol. The molecule has 2 aromatic rings. The van der Waals surface area contributed by atoms with Crippen LogP contribution >= 0.6 is 23.2 Å². The lowest BCUT2D eigenvalue weighted by molar-refractivity contribution is -0.129. The molecule has 0 aliphatic carbocycles. The van der Waals surface area contributed by atoms with Crippen molar-refractivity contribution in [3.05, 3.63) is 74.9 Å². The van der Waals surface area contributed by atoms with Crippen LogP contribution in [0.1, 0.15) is 16.7 Å². The number of ether oxygens (including phenoxy) is 1. The summed E-state index contributed by atoms with van der Waals surface area (Å²) in [6.45, 7) is 0. The minimum atomic E-state index is -0.546. The van der Waals surface area contributed by atoms with Crippen molar-refractivity contribution in [1.29, 1.82) is 5.26 Å². The van der Waals surface area contributed by atoms with Gasteiger partial charge in [0, 0.05) is 5.56 Å². The molecule has 3 rings (SSSR count). The van der Waals surface area contributed by atoms with Crippen molar-refractivity contribution in [2.75, 3.05) is 0 Å². The summed E-state index contributed by atoms with van der Waals surface area (Å²) >= 11 is 11.8. The van der Waals surface area contributed by atoms with Crippen molar-refractivity contribution in [2.24, 2.45) is 4.99 Å². The van der Waals surface area contributed by atoms with Gasteiger partial charge in [-0.2, -0.15) is 5.26 Å². The maximum Gasteiger partial charge on any atom is 0.363 e. The molecule has 0 radical (unpaired) electrons. The fourth-order valence-corrected chi connectivity index (χ4v) is 2.27. The summed E-state index contributed by atoms with van der Waals surface area (Å²) in [6.07, 6.45) is 1.59. The minimum absolute atomic E-state index is 0.175. The van der Waals surface area contributed by atoms with E-state index in [1.54, 1.807) is 48.5 Å². The molecule has 0 N–H and O–H groups in total. The number of carbonyl (C=O) groups excluding carboxylic acids is 1. The molecular formula is C17H8Cl2N2O2. The molecule has 0 aromatic heterocycles. The van der Waals surface area contributed by atoms with Gasteiger partial charge in [0.2, 0.25) is 5.90 Å². The highest BCUT2D eigenvalue weighted by atomic mass is 35.5. The van der Waals surface area contributed by atoms with Crippen LogP contribution in [-0.2, 0) is 9.53 Å². The first-order chi connectivity index (χ1) is 11.1. The fourth-order valence-electron chi connectivity index (χ4n) is 1.97. The predicted molar refractivity (Wildman–Crippen MR) is 88.2 cm³/mol. The van der Waals surface area contributed by atoms with E-state index in [2.05, 4.69) is 4.99 Å². The summed E-state index contributed by atoms with van der Waals surface area (Å²) in [6, 6.07) is 13.7. The second-order valence-electron chi connectivity index (χ2n) is 4.70. The van der Waals surface area contributed by atoms with Crippen LogP contribution in [0, 0.1) is 11.3 Å². The molecule has 6 heteroatoms. The largest absolute Gasteiger partial charge is 0.402 e. The maximum absolute atomic E-state index is 11.9. The lowest BCUT2D eigenvalue weighted by Gasteiger charge is -2.01. The zero-order valence-corrected chi connectivity index (χ0v) is 13.1. The van der Waals surface area contributed by atoms with E-state index < -0.39 is 5.97 Å². The Hall–Kier alpha value is -2.61. The lowest BCUT2D eigenvalue weighted by atomic mass is 10.1. The van der Waals surface area contributed by atoms with Crippen LogP contribution in [0.5, 0.6) is 0 Å². The van der Waals surface area contributed by atoms with E-state index in [1.807, 2.05) is 6.07 Å². The van der Waals surface area contributed by atoms with Crippen LogP contribution in [0.25, 0.3) is 6.08 Å². The van der Waals surface area contributed by atoms with Gasteiger partial charge in [0.25, 0.3) is 0 Å². The Balaban J connectivity index is 1.92. The molecule has 0 fully saturated rings. The Morgan fingerprint density at radius 2 is 1.83 bits per heavy atom. The van der Waals surface area contributed by atoms with Gasteiger partial charge in [-0.3, -0.25) is 0 Å². The second-order valence-corrected chi connectivity index (χ2v) is 5.51. The predicted octanol–water partition coefficient (Wildman–Crippen LogP) is 4.21. The molecule has 0 atom stereocenters. The number of hydrogen-bond donors (Lipinski definition) is 0. The number of aliphatic imine (C=N–C) groups is 1. The van der Waals surface area contributed by atoms with Crippen LogP contribution in [0.2, 0.25) is 10.0 Å². The van der Waals surface area contributed by atoms with Crippen molar-refractivity contribution in [2.45, 2.75) is 0 Å². The van der Waals surface area contributed by atoms with E-state index in [1.165, 1.54) is 0 Å². The lowest BCUT2D eigenvalue weighted by Crippen LogP contribution is -2.05. The van der Waals surface area contributed by atoms with Gasteiger partial charge in [-0.15, -0.1) is 0 Å². The third kappa shape index (κ3) is 3.26. The molecule has 0 saturated carbocycles. The van der Waals surface area contributed by atoms with Gasteiger partial charge in [0.05, 0.1) is 21.7 Å². The molecule has 0 spiro atoms. The van der Waals surface area contributed by atoms with Crippen LogP contribution < -0.4 is 0 Å². The van der Waals surface area contributed by atoms with Gasteiger partial charge in [-0.25, -0.2) is 9.79 Å². The second kappa shape index (κ2) is 6.25. The van der Waals surface area contributed by atoms with Crippen LogP contribution in [-0.4, -0.2) is 11.9 Å². The first kappa shape index (κ1) is 15.3. The van der Waals surface area contributed by atoms with Gasteiger partial charge in [-0.1, -0.05) is 35.3 Å². The standard InChI is InChI=1S/C17H8Cl2N2O2/c18-13-6-5-12(8-14(13)19)16-21-15(17(22)23-16)7-10-1-3-11(9-20)4-2-10/h1-8H/b15-7-. The number of carbonyl (C=O) groups is 1. The van der Waals surface area contributed by atoms with E-state index in [4.69, 9.17) is 33.2 Å². The van der Waals surface area contributed by atoms with Gasteiger partial charge in [0.15, 0.2) is 5.70 Å². The Bertz CT molecular complexity index is 894. The number of nitrogens with zero attached hydrogens (tertiary/aromatic N) is 2. The molecule has 0 saturated heterocycles. The molecule has 0 unspecified atom stereocenters. The van der Waals surface area contributed by atoms with Gasteiger partial charge in [-0.05, 0) is 42.0 Å². The molecule has 1 heterocycles. The molecule has 0 amide bonds. The van der Waals surface area contributed by atoms with Crippen molar-refractivity contribution >= 4 is 41.1 Å². The highest BCUT2D eigenvalue weighted by molar-refractivity contribution is 6.42. The number of esters is 1. The summed E-state index contributed by atoms with van der Waals surface area (Å²) in [5.41, 5.74) is 2.03. The molecule has 112 valence electrons. The van der Waals surface area contributed by atoms with Crippen molar-refractivity contribution in [1.82, 2.24) is 0 Å². The summed E-state index contributed by atoms with van der Waals surface area (Å²) in [4.78, 5) is 16.1. The topological polar surface area (TPSA) is 62.4 Å². The Morgan fingerprint density at radius 3 is 2.48 bits per heavy atom. The SMILES string of the molecule is N#Cc1ccc(/C=C2\N=C(c3ccc(Cl)c(Cl)c3)OC2=O)cc1. The van der Waals surface area contributed by atoms with Crippen LogP contribution in [0.15, 0.2) is 53.2 Å². The minimum Gasteiger partial charge on any atom is -0.402 e. The zero-order valence-electron chi connectivity index (χ0n) is 11.6. The normalized spacial score (nSPS) is 15.3. The van der Waals surface area contributed by atoms with Crippen molar-refractivity contribution < 1.29 is 9.53 Å². The molecule has 1 aliphatic heterocycles. The van der Waals surface area contributed by atoms with Crippen LogP contribution in [0.4, 0.5) is 0 Å². The summed E-state index contributed by atoms with van der Waals surface area (Å²) in [7, 11) is 0.